The van der Waals surface area contributed by atoms with E-state index in [1.165, 1.54) is 22.6 Å². The SMILES string of the molecule is O=C1C(c2ccc(F)cc2)=C(N2CCc3ccccc3C2)C(=O)N1Cc1cccnc1. The minimum absolute atomic E-state index is 0.143. The zero-order valence-corrected chi connectivity index (χ0v) is 16.8. The van der Waals surface area contributed by atoms with Gasteiger partial charge < -0.3 is 4.90 Å². The van der Waals surface area contributed by atoms with Gasteiger partial charge in [-0.15, -0.1) is 0 Å². The summed E-state index contributed by atoms with van der Waals surface area (Å²) in [5.41, 5.74) is 4.43. The number of fused-ring (bicyclic) bond motifs is 1. The smallest absolute Gasteiger partial charge is 0.278 e. The Morgan fingerprint density at radius 3 is 2.42 bits per heavy atom. The zero-order valence-electron chi connectivity index (χ0n) is 16.8. The maximum atomic E-state index is 13.5. The molecule has 2 aromatic carbocycles. The van der Waals surface area contributed by atoms with Gasteiger partial charge in [-0.05, 0) is 46.9 Å². The Morgan fingerprint density at radius 1 is 0.903 bits per heavy atom. The maximum Gasteiger partial charge on any atom is 0.278 e. The summed E-state index contributed by atoms with van der Waals surface area (Å²) in [5, 5.41) is 0. The Balaban J connectivity index is 1.56. The van der Waals surface area contributed by atoms with Gasteiger partial charge >= 0.3 is 0 Å². The van der Waals surface area contributed by atoms with Gasteiger partial charge in [0.25, 0.3) is 11.8 Å². The number of nitrogens with zero attached hydrogens (tertiary/aromatic N) is 3. The second kappa shape index (κ2) is 7.80. The molecule has 0 saturated heterocycles. The number of carbonyl (C=O) groups excluding carboxylic acids is 2. The molecule has 5 nitrogen and oxygen atoms in total. The van der Waals surface area contributed by atoms with Gasteiger partial charge in [0.1, 0.15) is 11.5 Å². The molecule has 0 N–H and O–H groups in total. The first-order valence-electron chi connectivity index (χ1n) is 10.2. The Bertz CT molecular complexity index is 1190. The maximum absolute atomic E-state index is 13.5. The van der Waals surface area contributed by atoms with Crippen molar-refractivity contribution in [2.24, 2.45) is 0 Å². The van der Waals surface area contributed by atoms with Crippen molar-refractivity contribution in [2.75, 3.05) is 6.54 Å². The van der Waals surface area contributed by atoms with Crippen LogP contribution in [0, 0.1) is 5.82 Å². The van der Waals surface area contributed by atoms with Gasteiger partial charge in [0, 0.05) is 25.5 Å². The first-order valence-corrected chi connectivity index (χ1v) is 10.2. The van der Waals surface area contributed by atoms with Crippen molar-refractivity contribution in [1.29, 1.82) is 0 Å². The molecule has 1 aromatic heterocycles. The monoisotopic (exact) mass is 413 g/mol. The largest absolute Gasteiger partial charge is 0.362 e. The lowest BCUT2D eigenvalue weighted by atomic mass is 9.98. The van der Waals surface area contributed by atoms with Gasteiger partial charge in [-0.3, -0.25) is 19.5 Å². The van der Waals surface area contributed by atoms with Crippen molar-refractivity contribution in [1.82, 2.24) is 14.8 Å². The van der Waals surface area contributed by atoms with Gasteiger partial charge in [0.15, 0.2) is 0 Å². The molecule has 0 fully saturated rings. The molecule has 0 bridgehead atoms. The first kappa shape index (κ1) is 19.2. The van der Waals surface area contributed by atoms with Crippen molar-refractivity contribution in [3.05, 3.63) is 107 Å². The van der Waals surface area contributed by atoms with E-state index in [4.69, 9.17) is 0 Å². The molecule has 0 radical (unpaired) electrons. The third-order valence-electron chi connectivity index (χ3n) is 5.79. The van der Waals surface area contributed by atoms with Gasteiger partial charge in [0.2, 0.25) is 0 Å². The number of carbonyl (C=O) groups is 2. The molecule has 0 saturated carbocycles. The minimum atomic E-state index is -0.387. The summed E-state index contributed by atoms with van der Waals surface area (Å²) in [4.78, 5) is 34.2. The van der Waals surface area contributed by atoms with Crippen LogP contribution in [0.5, 0.6) is 0 Å². The fourth-order valence-corrected chi connectivity index (χ4v) is 4.24. The van der Waals surface area contributed by atoms with Crippen molar-refractivity contribution in [3.63, 3.8) is 0 Å². The van der Waals surface area contributed by atoms with E-state index >= 15 is 0 Å². The Kier molecular flexibility index (Phi) is 4.82. The number of imide groups is 1. The molecule has 2 aliphatic rings. The zero-order chi connectivity index (χ0) is 21.4. The third kappa shape index (κ3) is 3.50. The lowest BCUT2D eigenvalue weighted by molar-refractivity contribution is -0.138. The molecule has 0 aliphatic carbocycles. The van der Waals surface area contributed by atoms with E-state index in [-0.39, 0.29) is 24.2 Å². The van der Waals surface area contributed by atoms with Crippen molar-refractivity contribution >= 4 is 17.4 Å². The highest BCUT2D eigenvalue weighted by Crippen LogP contribution is 2.35. The summed E-state index contributed by atoms with van der Waals surface area (Å²) >= 11 is 0. The number of amides is 2. The van der Waals surface area contributed by atoms with Gasteiger partial charge in [-0.2, -0.15) is 0 Å². The second-order valence-electron chi connectivity index (χ2n) is 7.73. The number of benzene rings is 2. The average molecular weight is 413 g/mol. The van der Waals surface area contributed by atoms with Gasteiger partial charge in [-0.25, -0.2) is 4.39 Å². The number of aromatic nitrogens is 1. The van der Waals surface area contributed by atoms with Crippen LogP contribution in [-0.2, 0) is 29.1 Å². The van der Waals surface area contributed by atoms with Crippen LogP contribution in [0.25, 0.3) is 5.57 Å². The van der Waals surface area contributed by atoms with Gasteiger partial charge in [0.05, 0.1) is 12.1 Å². The highest BCUT2D eigenvalue weighted by molar-refractivity contribution is 6.35. The fourth-order valence-electron chi connectivity index (χ4n) is 4.24. The number of hydrogen-bond donors (Lipinski definition) is 0. The molecule has 0 spiro atoms. The van der Waals surface area contributed by atoms with E-state index in [9.17, 15) is 14.0 Å². The molecular weight excluding hydrogens is 393 g/mol. The van der Waals surface area contributed by atoms with E-state index < -0.39 is 0 Å². The van der Waals surface area contributed by atoms with Crippen molar-refractivity contribution in [3.8, 4) is 0 Å². The molecule has 6 heteroatoms. The highest BCUT2D eigenvalue weighted by Gasteiger charge is 2.42. The fraction of sp³-hybridized carbons (Fsp3) is 0.160. The topological polar surface area (TPSA) is 53.5 Å². The molecule has 0 unspecified atom stereocenters. The number of pyridine rings is 1. The quantitative estimate of drug-likeness (QED) is 0.614. The summed E-state index contributed by atoms with van der Waals surface area (Å²) in [6.45, 7) is 1.33. The minimum Gasteiger partial charge on any atom is -0.362 e. The summed E-state index contributed by atoms with van der Waals surface area (Å²) in [6, 6.07) is 17.5. The van der Waals surface area contributed by atoms with E-state index in [2.05, 4.69) is 11.1 Å². The average Bonchev–Trinajstić information content (AvgIpc) is 3.05. The highest BCUT2D eigenvalue weighted by atomic mass is 19.1. The van der Waals surface area contributed by atoms with Gasteiger partial charge in [-0.1, -0.05) is 42.5 Å². The molecule has 2 amide bonds. The van der Waals surface area contributed by atoms with E-state index in [1.54, 1.807) is 30.6 Å². The molecule has 2 aliphatic heterocycles. The molecule has 154 valence electrons. The Morgan fingerprint density at radius 2 is 1.68 bits per heavy atom. The normalized spacial score (nSPS) is 16.2. The van der Waals surface area contributed by atoms with E-state index in [0.29, 0.717) is 29.9 Å². The van der Waals surface area contributed by atoms with Crippen LogP contribution in [-0.4, -0.2) is 33.1 Å². The third-order valence-corrected chi connectivity index (χ3v) is 5.79. The van der Waals surface area contributed by atoms with Crippen LogP contribution in [0.3, 0.4) is 0 Å². The second-order valence-corrected chi connectivity index (χ2v) is 7.73. The first-order chi connectivity index (χ1) is 15.1. The summed E-state index contributed by atoms with van der Waals surface area (Å²) in [6.07, 6.45) is 4.09. The predicted octanol–water partition coefficient (Wildman–Crippen LogP) is 3.56. The summed E-state index contributed by atoms with van der Waals surface area (Å²) in [5.74, 6) is -1.08. The standard InChI is InChI=1S/C25H20FN3O2/c26-21-9-7-19(8-10-21)22-23(28-13-11-18-5-1-2-6-20(18)16-28)25(31)29(24(22)30)15-17-4-3-12-27-14-17/h1-10,12,14H,11,13,15-16H2. The summed E-state index contributed by atoms with van der Waals surface area (Å²) < 4.78 is 13.5. The van der Waals surface area contributed by atoms with Crippen molar-refractivity contribution < 1.29 is 14.0 Å². The van der Waals surface area contributed by atoms with Crippen molar-refractivity contribution in [2.45, 2.75) is 19.5 Å². The van der Waals surface area contributed by atoms with E-state index in [0.717, 1.165) is 17.5 Å². The van der Waals surface area contributed by atoms with Crippen LogP contribution in [0.1, 0.15) is 22.3 Å². The Hall–Kier alpha value is -3.80. The van der Waals surface area contributed by atoms with Crippen LogP contribution in [0.15, 0.2) is 78.8 Å². The lowest BCUT2D eigenvalue weighted by Crippen LogP contribution is -2.37. The van der Waals surface area contributed by atoms with Crippen LogP contribution >= 0.6 is 0 Å². The lowest BCUT2D eigenvalue weighted by Gasteiger charge is -2.31. The van der Waals surface area contributed by atoms with Crippen LogP contribution in [0.4, 0.5) is 4.39 Å². The number of halogens is 1. The molecule has 5 rings (SSSR count). The predicted molar refractivity (Wildman–Crippen MR) is 114 cm³/mol. The van der Waals surface area contributed by atoms with Crippen LogP contribution < -0.4 is 0 Å². The molecule has 0 atom stereocenters. The molecule has 3 aromatic rings. The number of rotatable bonds is 4. The molecule has 31 heavy (non-hydrogen) atoms. The molecule has 3 heterocycles. The Labute approximate surface area is 179 Å². The van der Waals surface area contributed by atoms with Crippen LogP contribution in [0.2, 0.25) is 0 Å². The molecular formula is C25H20FN3O2. The summed E-state index contributed by atoms with van der Waals surface area (Å²) in [7, 11) is 0. The number of hydrogen-bond acceptors (Lipinski definition) is 4. The van der Waals surface area contributed by atoms with E-state index in [1.807, 2.05) is 29.2 Å².